The van der Waals surface area contributed by atoms with E-state index in [9.17, 15) is 4.79 Å². The normalized spacial score (nSPS) is 14.2. The van der Waals surface area contributed by atoms with Gasteiger partial charge >= 0.3 is 0 Å². The van der Waals surface area contributed by atoms with Crippen LogP contribution in [0, 0.1) is 0 Å². The fraction of sp³-hybridized carbons (Fsp3) is 0.400. The first-order valence-electron chi connectivity index (χ1n) is 9.15. The minimum absolute atomic E-state index is 0.00123. The Kier molecular flexibility index (Phi) is 6.07. The van der Waals surface area contributed by atoms with Gasteiger partial charge in [0.2, 0.25) is 0 Å². The number of benzene rings is 1. The summed E-state index contributed by atoms with van der Waals surface area (Å²) in [5, 5.41) is 3.33. The molecule has 1 saturated heterocycles. The Hall–Kier alpha value is -2.60. The van der Waals surface area contributed by atoms with Crippen molar-refractivity contribution in [2.75, 3.05) is 49.6 Å². The van der Waals surface area contributed by atoms with Gasteiger partial charge in [-0.2, -0.15) is 0 Å². The van der Waals surface area contributed by atoms with Gasteiger partial charge in [0, 0.05) is 43.8 Å². The molecule has 1 aliphatic heterocycles. The van der Waals surface area contributed by atoms with Crippen molar-refractivity contribution in [3.63, 3.8) is 0 Å². The molecule has 2 heterocycles. The van der Waals surface area contributed by atoms with Crippen LogP contribution in [0.3, 0.4) is 0 Å². The van der Waals surface area contributed by atoms with Gasteiger partial charge in [0.05, 0.1) is 30.7 Å². The smallest absolute Gasteiger partial charge is 0.255 e. The molecule has 1 fully saturated rings. The number of carbonyl (C=O) groups excluding carboxylic acids is 1. The Morgan fingerprint density at radius 1 is 1.12 bits per heavy atom. The van der Waals surface area contributed by atoms with Gasteiger partial charge in [0.15, 0.2) is 0 Å². The second kappa shape index (κ2) is 8.67. The topological polar surface area (TPSA) is 57.7 Å². The average Bonchev–Trinajstić information content (AvgIpc) is 2.70. The van der Waals surface area contributed by atoms with Crippen LogP contribution in [0.5, 0.6) is 0 Å². The molecule has 1 aromatic heterocycles. The van der Waals surface area contributed by atoms with Crippen molar-refractivity contribution in [2.45, 2.75) is 13.8 Å². The molecular weight excluding hydrogens is 328 g/mol. The summed E-state index contributed by atoms with van der Waals surface area (Å²) < 4.78 is 5.31. The Morgan fingerprint density at radius 3 is 2.46 bits per heavy atom. The molecular formula is C20H26N4O2. The molecule has 1 aromatic carbocycles. The first kappa shape index (κ1) is 18.2. The number of morpholine rings is 1. The first-order valence-corrected chi connectivity index (χ1v) is 9.15. The molecule has 1 amide bonds. The van der Waals surface area contributed by atoms with E-state index in [4.69, 9.17) is 4.74 Å². The Bertz CT molecular complexity index is 723. The van der Waals surface area contributed by atoms with Crippen molar-refractivity contribution in [3.8, 4) is 0 Å². The molecule has 0 atom stereocenters. The monoisotopic (exact) mass is 354 g/mol. The number of carbonyl (C=O) groups is 1. The molecule has 2 aromatic rings. The van der Waals surface area contributed by atoms with E-state index in [1.807, 2.05) is 23.1 Å². The lowest BCUT2D eigenvalue weighted by Crippen LogP contribution is -2.40. The Morgan fingerprint density at radius 2 is 1.81 bits per heavy atom. The molecule has 0 bridgehead atoms. The fourth-order valence-electron chi connectivity index (χ4n) is 3.09. The summed E-state index contributed by atoms with van der Waals surface area (Å²) in [6.45, 7) is 8.72. The highest BCUT2D eigenvalue weighted by atomic mass is 16.5. The summed E-state index contributed by atoms with van der Waals surface area (Å²) in [7, 11) is 0. The summed E-state index contributed by atoms with van der Waals surface area (Å²) in [4.78, 5) is 20.9. The minimum atomic E-state index is 0.00123. The van der Waals surface area contributed by atoms with Gasteiger partial charge in [-0.15, -0.1) is 0 Å². The number of hydrogen-bond donors (Lipinski definition) is 1. The zero-order valence-corrected chi connectivity index (χ0v) is 15.4. The van der Waals surface area contributed by atoms with Crippen LogP contribution in [-0.4, -0.2) is 55.2 Å². The lowest BCUT2D eigenvalue weighted by Gasteiger charge is -2.26. The van der Waals surface area contributed by atoms with Gasteiger partial charge in [-0.1, -0.05) is 0 Å². The molecule has 0 unspecified atom stereocenters. The predicted molar refractivity (Wildman–Crippen MR) is 104 cm³/mol. The lowest BCUT2D eigenvalue weighted by molar-refractivity contribution is 0.0302. The number of hydrogen-bond acceptors (Lipinski definition) is 5. The molecule has 0 radical (unpaired) electrons. The van der Waals surface area contributed by atoms with E-state index in [0.717, 1.165) is 24.5 Å². The summed E-state index contributed by atoms with van der Waals surface area (Å²) in [5.74, 6) is 0.00123. The van der Waals surface area contributed by atoms with Gasteiger partial charge in [0.1, 0.15) is 0 Å². The standard InChI is InChI=1S/C20H26N4O2/c1-3-23(4-2)19-7-5-17(6-8-19)22-18-13-16(14-21-15-18)20(25)24-9-11-26-12-10-24/h5-8,13-15,22H,3-4,9-12H2,1-2H3. The molecule has 0 aliphatic carbocycles. The SMILES string of the molecule is CCN(CC)c1ccc(Nc2cncc(C(=O)N3CCOCC3)c2)cc1. The third kappa shape index (κ3) is 4.32. The molecule has 3 rings (SSSR count). The lowest BCUT2D eigenvalue weighted by atomic mass is 10.2. The first-order chi connectivity index (χ1) is 12.7. The van der Waals surface area contributed by atoms with Crippen molar-refractivity contribution in [1.29, 1.82) is 0 Å². The van der Waals surface area contributed by atoms with Crippen molar-refractivity contribution < 1.29 is 9.53 Å². The number of pyridine rings is 1. The summed E-state index contributed by atoms with van der Waals surface area (Å²) in [6, 6.07) is 10.1. The highest BCUT2D eigenvalue weighted by Crippen LogP contribution is 2.21. The van der Waals surface area contributed by atoms with Gasteiger partial charge in [-0.3, -0.25) is 9.78 Å². The van der Waals surface area contributed by atoms with Crippen LogP contribution in [0.25, 0.3) is 0 Å². The highest BCUT2D eigenvalue weighted by molar-refractivity contribution is 5.95. The van der Waals surface area contributed by atoms with Crippen molar-refractivity contribution in [1.82, 2.24) is 9.88 Å². The maximum atomic E-state index is 12.6. The molecule has 138 valence electrons. The molecule has 1 aliphatic rings. The van der Waals surface area contributed by atoms with E-state index in [-0.39, 0.29) is 5.91 Å². The second-order valence-corrected chi connectivity index (χ2v) is 6.21. The second-order valence-electron chi connectivity index (χ2n) is 6.21. The van der Waals surface area contributed by atoms with E-state index in [2.05, 4.69) is 41.2 Å². The fourth-order valence-corrected chi connectivity index (χ4v) is 3.09. The molecule has 6 heteroatoms. The number of aromatic nitrogens is 1. The van der Waals surface area contributed by atoms with Gasteiger partial charge in [-0.25, -0.2) is 0 Å². The quantitative estimate of drug-likeness (QED) is 0.864. The highest BCUT2D eigenvalue weighted by Gasteiger charge is 2.19. The van der Waals surface area contributed by atoms with E-state index in [0.29, 0.717) is 31.9 Å². The summed E-state index contributed by atoms with van der Waals surface area (Å²) in [6.07, 6.45) is 3.35. The van der Waals surface area contributed by atoms with Crippen molar-refractivity contribution in [3.05, 3.63) is 48.3 Å². The zero-order valence-electron chi connectivity index (χ0n) is 15.4. The van der Waals surface area contributed by atoms with Crippen LogP contribution >= 0.6 is 0 Å². The number of rotatable bonds is 6. The van der Waals surface area contributed by atoms with Gasteiger partial charge < -0.3 is 19.9 Å². The van der Waals surface area contributed by atoms with Crippen LogP contribution in [-0.2, 0) is 4.74 Å². The minimum Gasteiger partial charge on any atom is -0.378 e. The molecule has 26 heavy (non-hydrogen) atoms. The predicted octanol–water partition coefficient (Wildman–Crippen LogP) is 3.14. The molecule has 0 saturated carbocycles. The van der Waals surface area contributed by atoms with E-state index in [1.165, 1.54) is 5.69 Å². The van der Waals surface area contributed by atoms with Crippen LogP contribution in [0.4, 0.5) is 17.1 Å². The van der Waals surface area contributed by atoms with Crippen LogP contribution in [0.1, 0.15) is 24.2 Å². The molecule has 1 N–H and O–H groups in total. The zero-order chi connectivity index (χ0) is 18.4. The van der Waals surface area contributed by atoms with E-state index < -0.39 is 0 Å². The number of amides is 1. The van der Waals surface area contributed by atoms with E-state index in [1.54, 1.807) is 12.4 Å². The van der Waals surface area contributed by atoms with E-state index >= 15 is 0 Å². The molecule has 0 spiro atoms. The average molecular weight is 354 g/mol. The maximum absolute atomic E-state index is 12.6. The Balaban J connectivity index is 1.69. The number of anilines is 3. The third-order valence-electron chi connectivity index (χ3n) is 4.57. The van der Waals surface area contributed by atoms with Gasteiger partial charge in [-0.05, 0) is 44.2 Å². The number of ether oxygens (including phenoxy) is 1. The van der Waals surface area contributed by atoms with Crippen LogP contribution < -0.4 is 10.2 Å². The van der Waals surface area contributed by atoms with Crippen LogP contribution in [0.15, 0.2) is 42.7 Å². The van der Waals surface area contributed by atoms with Crippen LogP contribution in [0.2, 0.25) is 0 Å². The summed E-state index contributed by atoms with van der Waals surface area (Å²) >= 11 is 0. The number of nitrogens with zero attached hydrogens (tertiary/aromatic N) is 3. The maximum Gasteiger partial charge on any atom is 0.255 e. The third-order valence-corrected chi connectivity index (χ3v) is 4.57. The largest absolute Gasteiger partial charge is 0.378 e. The molecule has 6 nitrogen and oxygen atoms in total. The van der Waals surface area contributed by atoms with Crippen molar-refractivity contribution in [2.24, 2.45) is 0 Å². The Labute approximate surface area is 154 Å². The number of nitrogens with one attached hydrogen (secondary N) is 1. The summed E-state index contributed by atoms with van der Waals surface area (Å²) in [5.41, 5.74) is 3.57. The van der Waals surface area contributed by atoms with Gasteiger partial charge in [0.25, 0.3) is 5.91 Å². The van der Waals surface area contributed by atoms with Crippen molar-refractivity contribution >= 4 is 23.0 Å².